The molecule has 0 aliphatic heterocycles. The zero-order valence-electron chi connectivity index (χ0n) is 9.69. The molecule has 0 N–H and O–H groups in total. The lowest BCUT2D eigenvalue weighted by atomic mass is 9.90. The first-order valence-electron chi connectivity index (χ1n) is 6.04. The van der Waals surface area contributed by atoms with Crippen LogP contribution >= 0.6 is 11.6 Å². The third-order valence-corrected chi connectivity index (χ3v) is 3.34. The minimum atomic E-state index is -0.306. The van der Waals surface area contributed by atoms with E-state index in [0.29, 0.717) is 23.2 Å². The average Bonchev–Trinajstić information content (AvgIpc) is 2.37. The van der Waals surface area contributed by atoms with Gasteiger partial charge in [-0.2, -0.15) is 0 Å². The molecule has 0 bridgehead atoms. The summed E-state index contributed by atoms with van der Waals surface area (Å²) in [5.74, 6) is 0.227. The second-order valence-corrected chi connectivity index (χ2v) is 4.86. The molecule has 0 atom stereocenters. The molecule has 1 aliphatic carbocycles. The van der Waals surface area contributed by atoms with Crippen LogP contribution in [0.4, 0.5) is 0 Å². The van der Waals surface area contributed by atoms with Crippen molar-refractivity contribution < 1.29 is 9.53 Å². The van der Waals surface area contributed by atoms with Gasteiger partial charge in [-0.05, 0) is 30.9 Å². The van der Waals surface area contributed by atoms with E-state index in [2.05, 4.69) is 4.98 Å². The van der Waals surface area contributed by atoms with Crippen LogP contribution in [0.25, 0.3) is 0 Å². The van der Waals surface area contributed by atoms with Gasteiger partial charge in [0.2, 0.25) is 0 Å². The van der Waals surface area contributed by atoms with E-state index >= 15 is 0 Å². The molecular formula is C13H16ClNO2. The Labute approximate surface area is 106 Å². The fourth-order valence-electron chi connectivity index (χ4n) is 2.16. The van der Waals surface area contributed by atoms with Crippen molar-refractivity contribution in [2.45, 2.75) is 32.1 Å². The maximum absolute atomic E-state index is 11.7. The highest BCUT2D eigenvalue weighted by atomic mass is 35.5. The molecule has 0 aromatic carbocycles. The predicted octanol–water partition coefficient (Wildman–Crippen LogP) is 3.47. The van der Waals surface area contributed by atoms with Gasteiger partial charge in [-0.15, -0.1) is 0 Å². The monoisotopic (exact) mass is 253 g/mol. The first-order valence-corrected chi connectivity index (χ1v) is 6.42. The number of rotatable bonds is 3. The zero-order valence-corrected chi connectivity index (χ0v) is 10.4. The standard InChI is InChI=1S/C13H16ClNO2/c14-12-8-11(6-7-15-12)13(16)17-9-10-4-2-1-3-5-10/h6-8,10H,1-5,9H2. The van der Waals surface area contributed by atoms with Crippen LogP contribution in [-0.2, 0) is 4.74 Å². The number of carbonyl (C=O) groups is 1. The van der Waals surface area contributed by atoms with Crippen molar-refractivity contribution in [2.75, 3.05) is 6.61 Å². The number of carbonyl (C=O) groups excluding carboxylic acids is 1. The zero-order chi connectivity index (χ0) is 12.1. The van der Waals surface area contributed by atoms with Crippen molar-refractivity contribution in [3.05, 3.63) is 29.0 Å². The highest BCUT2D eigenvalue weighted by molar-refractivity contribution is 6.29. The van der Waals surface area contributed by atoms with Crippen molar-refractivity contribution in [1.82, 2.24) is 4.98 Å². The van der Waals surface area contributed by atoms with Gasteiger partial charge < -0.3 is 4.74 Å². The van der Waals surface area contributed by atoms with E-state index < -0.39 is 0 Å². The van der Waals surface area contributed by atoms with Crippen LogP contribution < -0.4 is 0 Å². The Balaban J connectivity index is 1.84. The first kappa shape index (κ1) is 12.4. The van der Waals surface area contributed by atoms with Gasteiger partial charge in [0.1, 0.15) is 5.15 Å². The number of hydrogen-bond acceptors (Lipinski definition) is 3. The van der Waals surface area contributed by atoms with Crippen LogP contribution in [0.3, 0.4) is 0 Å². The van der Waals surface area contributed by atoms with Crippen molar-refractivity contribution in [2.24, 2.45) is 5.92 Å². The van der Waals surface area contributed by atoms with Gasteiger partial charge in [0.05, 0.1) is 12.2 Å². The maximum atomic E-state index is 11.7. The molecule has 1 fully saturated rings. The van der Waals surface area contributed by atoms with Crippen molar-refractivity contribution in [3.8, 4) is 0 Å². The van der Waals surface area contributed by atoms with Gasteiger partial charge in [-0.1, -0.05) is 30.9 Å². The molecule has 1 saturated carbocycles. The van der Waals surface area contributed by atoms with Gasteiger partial charge in [0, 0.05) is 6.20 Å². The molecule has 17 heavy (non-hydrogen) atoms. The summed E-state index contributed by atoms with van der Waals surface area (Å²) in [7, 11) is 0. The summed E-state index contributed by atoms with van der Waals surface area (Å²) in [6.07, 6.45) is 7.67. The normalized spacial score (nSPS) is 16.8. The molecule has 92 valence electrons. The van der Waals surface area contributed by atoms with E-state index in [0.717, 1.165) is 0 Å². The minimum Gasteiger partial charge on any atom is -0.462 e. The highest BCUT2D eigenvalue weighted by Crippen LogP contribution is 2.24. The van der Waals surface area contributed by atoms with E-state index in [1.165, 1.54) is 44.4 Å². The molecule has 0 unspecified atom stereocenters. The second kappa shape index (κ2) is 6.01. The van der Waals surface area contributed by atoms with Crippen molar-refractivity contribution in [3.63, 3.8) is 0 Å². The van der Waals surface area contributed by atoms with Gasteiger partial charge in [0.15, 0.2) is 0 Å². The fraction of sp³-hybridized carbons (Fsp3) is 0.538. The maximum Gasteiger partial charge on any atom is 0.338 e. The van der Waals surface area contributed by atoms with E-state index in [9.17, 15) is 4.79 Å². The van der Waals surface area contributed by atoms with Gasteiger partial charge in [0.25, 0.3) is 0 Å². The van der Waals surface area contributed by atoms with Gasteiger partial charge in [-0.3, -0.25) is 0 Å². The molecule has 1 aromatic heterocycles. The highest BCUT2D eigenvalue weighted by Gasteiger charge is 2.16. The smallest absolute Gasteiger partial charge is 0.338 e. The van der Waals surface area contributed by atoms with Crippen LogP contribution in [0.1, 0.15) is 42.5 Å². The summed E-state index contributed by atoms with van der Waals surface area (Å²) in [5.41, 5.74) is 0.473. The van der Waals surface area contributed by atoms with Crippen molar-refractivity contribution in [1.29, 1.82) is 0 Å². The molecule has 0 radical (unpaired) electrons. The largest absolute Gasteiger partial charge is 0.462 e. The number of hydrogen-bond donors (Lipinski definition) is 0. The van der Waals surface area contributed by atoms with E-state index in [1.807, 2.05) is 0 Å². The molecule has 0 spiro atoms. The van der Waals surface area contributed by atoms with E-state index in [4.69, 9.17) is 16.3 Å². The molecule has 2 rings (SSSR count). The number of aromatic nitrogens is 1. The van der Waals surface area contributed by atoms with Crippen LogP contribution in [0, 0.1) is 5.92 Å². The second-order valence-electron chi connectivity index (χ2n) is 4.47. The molecule has 4 heteroatoms. The summed E-state index contributed by atoms with van der Waals surface area (Å²) in [6, 6.07) is 3.15. The van der Waals surface area contributed by atoms with E-state index in [1.54, 1.807) is 6.07 Å². The Morgan fingerprint density at radius 2 is 2.18 bits per heavy atom. The lowest BCUT2D eigenvalue weighted by Gasteiger charge is -2.20. The molecule has 3 nitrogen and oxygen atoms in total. The third-order valence-electron chi connectivity index (χ3n) is 3.14. The number of ether oxygens (including phenoxy) is 1. The molecule has 0 saturated heterocycles. The number of halogens is 1. The Morgan fingerprint density at radius 3 is 2.88 bits per heavy atom. The average molecular weight is 254 g/mol. The lowest BCUT2D eigenvalue weighted by Crippen LogP contribution is -2.16. The Hall–Kier alpha value is -1.09. The molecule has 1 heterocycles. The third kappa shape index (κ3) is 3.70. The van der Waals surface area contributed by atoms with Crippen LogP contribution in [0.15, 0.2) is 18.3 Å². The Bertz CT molecular complexity index is 389. The van der Waals surface area contributed by atoms with Crippen LogP contribution in [-0.4, -0.2) is 17.6 Å². The SMILES string of the molecule is O=C(OCC1CCCCC1)c1ccnc(Cl)c1. The minimum absolute atomic E-state index is 0.306. The number of esters is 1. The van der Waals surface area contributed by atoms with Crippen molar-refractivity contribution >= 4 is 17.6 Å². The predicted molar refractivity (Wildman–Crippen MR) is 66.1 cm³/mol. The summed E-state index contributed by atoms with van der Waals surface area (Å²) < 4.78 is 5.30. The molecular weight excluding hydrogens is 238 g/mol. The van der Waals surface area contributed by atoms with Crippen LogP contribution in [0.5, 0.6) is 0 Å². The fourth-order valence-corrected chi connectivity index (χ4v) is 2.33. The Morgan fingerprint density at radius 1 is 1.41 bits per heavy atom. The number of pyridine rings is 1. The molecule has 1 aliphatic rings. The topological polar surface area (TPSA) is 39.2 Å². The summed E-state index contributed by atoms with van der Waals surface area (Å²) in [4.78, 5) is 15.6. The summed E-state index contributed by atoms with van der Waals surface area (Å²) in [6.45, 7) is 0.527. The molecule has 1 aromatic rings. The Kier molecular flexibility index (Phi) is 4.37. The quantitative estimate of drug-likeness (QED) is 0.612. The van der Waals surface area contributed by atoms with Crippen LogP contribution in [0.2, 0.25) is 5.15 Å². The first-order chi connectivity index (χ1) is 8.25. The van der Waals surface area contributed by atoms with E-state index in [-0.39, 0.29) is 5.97 Å². The van der Waals surface area contributed by atoms with Gasteiger partial charge >= 0.3 is 5.97 Å². The number of nitrogens with zero attached hydrogens (tertiary/aromatic N) is 1. The summed E-state index contributed by atoms with van der Waals surface area (Å²) in [5, 5.41) is 0.317. The molecule has 0 amide bonds. The van der Waals surface area contributed by atoms with Gasteiger partial charge in [-0.25, -0.2) is 9.78 Å². The summed E-state index contributed by atoms with van der Waals surface area (Å²) >= 11 is 5.72. The lowest BCUT2D eigenvalue weighted by molar-refractivity contribution is 0.0410.